The van der Waals surface area contributed by atoms with Crippen LogP contribution in [0.2, 0.25) is 0 Å². The maximum Gasteiger partial charge on any atom is 0.259 e. The van der Waals surface area contributed by atoms with Gasteiger partial charge in [-0.15, -0.1) is 11.3 Å². The zero-order valence-electron chi connectivity index (χ0n) is 9.48. The molecule has 17 heavy (non-hydrogen) atoms. The van der Waals surface area contributed by atoms with Crippen LogP contribution in [-0.4, -0.2) is 0 Å². The second kappa shape index (κ2) is 2.90. The van der Waals surface area contributed by atoms with Crippen molar-refractivity contribution in [2.45, 2.75) is 6.92 Å². The highest BCUT2D eigenvalue weighted by Gasteiger charge is 2.32. The summed E-state index contributed by atoms with van der Waals surface area (Å²) in [6.45, 7) is 2.01. The molecule has 0 bridgehead atoms. The van der Waals surface area contributed by atoms with Crippen LogP contribution in [0.1, 0.15) is 5.76 Å². The molecule has 0 saturated carbocycles. The number of ether oxygens (including phenoxy) is 1. The third kappa shape index (κ3) is 1.03. The SMILES string of the molecule is Cc1oc2scc3c2c1-c1c(ccc[n+]1C)O3. The molecule has 0 amide bonds. The first-order valence-corrected chi connectivity index (χ1v) is 6.31. The Morgan fingerprint density at radius 3 is 3.06 bits per heavy atom. The molecule has 0 spiro atoms. The molecule has 4 rings (SSSR count). The van der Waals surface area contributed by atoms with E-state index in [-0.39, 0.29) is 0 Å². The Balaban J connectivity index is 2.24. The first-order chi connectivity index (χ1) is 8.25. The lowest BCUT2D eigenvalue weighted by atomic mass is 10.1. The highest BCUT2D eigenvalue weighted by molar-refractivity contribution is 7.17. The molecule has 1 aliphatic rings. The van der Waals surface area contributed by atoms with Crippen LogP contribution in [0, 0.1) is 6.92 Å². The summed E-state index contributed by atoms with van der Waals surface area (Å²) in [6.07, 6.45) is 2.03. The van der Waals surface area contributed by atoms with Gasteiger partial charge in [-0.25, -0.2) is 0 Å². The molecule has 0 radical (unpaired) electrons. The molecule has 1 aliphatic heterocycles. The van der Waals surface area contributed by atoms with E-state index in [0.29, 0.717) is 0 Å². The van der Waals surface area contributed by atoms with Crippen LogP contribution < -0.4 is 9.30 Å². The van der Waals surface area contributed by atoms with E-state index in [1.54, 1.807) is 11.3 Å². The number of pyridine rings is 1. The molecule has 4 heteroatoms. The molecule has 0 saturated heterocycles. The van der Waals surface area contributed by atoms with Crippen LogP contribution in [0.5, 0.6) is 11.5 Å². The summed E-state index contributed by atoms with van der Waals surface area (Å²) in [7, 11) is 2.03. The van der Waals surface area contributed by atoms with Crippen molar-refractivity contribution in [2.75, 3.05) is 0 Å². The number of thiophene rings is 1. The average Bonchev–Trinajstić information content (AvgIpc) is 2.84. The normalized spacial score (nSPS) is 12.6. The molecule has 0 aliphatic carbocycles. The van der Waals surface area contributed by atoms with Gasteiger partial charge in [0.05, 0.1) is 5.39 Å². The molecule has 0 atom stereocenters. The van der Waals surface area contributed by atoms with Crippen molar-refractivity contribution >= 4 is 21.6 Å². The monoisotopic (exact) mass is 244 g/mol. The van der Waals surface area contributed by atoms with Crippen LogP contribution in [0.25, 0.3) is 21.5 Å². The van der Waals surface area contributed by atoms with E-state index in [2.05, 4.69) is 4.57 Å². The molecule has 4 heterocycles. The Kier molecular flexibility index (Phi) is 1.58. The van der Waals surface area contributed by atoms with E-state index in [0.717, 1.165) is 33.2 Å². The highest BCUT2D eigenvalue weighted by atomic mass is 32.1. The molecule has 3 aromatic heterocycles. The van der Waals surface area contributed by atoms with Gasteiger partial charge in [0.25, 0.3) is 5.69 Å². The first-order valence-electron chi connectivity index (χ1n) is 5.43. The molecule has 3 aromatic rings. The fraction of sp³-hybridized carbons (Fsp3) is 0.154. The third-order valence-electron chi connectivity index (χ3n) is 3.17. The molecular weight excluding hydrogens is 234 g/mol. The zero-order valence-corrected chi connectivity index (χ0v) is 10.3. The van der Waals surface area contributed by atoms with Crippen molar-refractivity contribution in [3.8, 4) is 22.8 Å². The van der Waals surface area contributed by atoms with E-state index in [1.165, 1.54) is 5.56 Å². The summed E-state index contributed by atoms with van der Waals surface area (Å²) in [4.78, 5) is 0.946. The van der Waals surface area contributed by atoms with Crippen LogP contribution in [0.4, 0.5) is 0 Å². The first kappa shape index (κ1) is 9.24. The standard InChI is InChI=1S/C13H10NO2S/c1-7-10-11-9(6-17-13(11)15-7)16-8-4-3-5-14(2)12(8)10/h3-6H,1-2H3/q+1. The van der Waals surface area contributed by atoms with Crippen molar-refractivity contribution < 1.29 is 13.7 Å². The van der Waals surface area contributed by atoms with Gasteiger partial charge < -0.3 is 9.15 Å². The average molecular weight is 244 g/mol. The number of hydrogen-bond acceptors (Lipinski definition) is 3. The van der Waals surface area contributed by atoms with Crippen molar-refractivity contribution in [3.63, 3.8) is 0 Å². The lowest BCUT2D eigenvalue weighted by molar-refractivity contribution is -0.660. The van der Waals surface area contributed by atoms with Crippen LogP contribution in [-0.2, 0) is 7.05 Å². The predicted octanol–water partition coefficient (Wildman–Crippen LogP) is 3.40. The molecular formula is C13H10NO2S+. The van der Waals surface area contributed by atoms with Gasteiger partial charge in [0.15, 0.2) is 22.6 Å². The van der Waals surface area contributed by atoms with Gasteiger partial charge in [-0.05, 0) is 13.0 Å². The Labute approximate surface area is 102 Å². The second-order valence-corrected chi connectivity index (χ2v) is 5.07. The number of hydrogen-bond donors (Lipinski definition) is 0. The minimum absolute atomic E-state index is 0.895. The van der Waals surface area contributed by atoms with E-state index >= 15 is 0 Å². The number of nitrogens with zero attached hydrogens (tertiary/aromatic N) is 1. The summed E-state index contributed by atoms with van der Waals surface area (Å²) < 4.78 is 13.8. The molecule has 0 N–H and O–H groups in total. The number of furan rings is 1. The number of aryl methyl sites for hydroxylation is 2. The minimum atomic E-state index is 0.895. The van der Waals surface area contributed by atoms with Gasteiger partial charge >= 0.3 is 0 Å². The number of aromatic nitrogens is 1. The summed E-state index contributed by atoms with van der Waals surface area (Å²) >= 11 is 1.59. The Bertz CT molecular complexity index is 754. The van der Waals surface area contributed by atoms with Crippen molar-refractivity contribution in [3.05, 3.63) is 29.5 Å². The summed E-state index contributed by atoms with van der Waals surface area (Å²) in [5.41, 5.74) is 2.26. The van der Waals surface area contributed by atoms with Crippen molar-refractivity contribution in [1.29, 1.82) is 0 Å². The van der Waals surface area contributed by atoms with Gasteiger partial charge in [-0.1, -0.05) is 0 Å². The Morgan fingerprint density at radius 1 is 1.29 bits per heavy atom. The topological polar surface area (TPSA) is 26.2 Å². The van der Waals surface area contributed by atoms with E-state index < -0.39 is 0 Å². The van der Waals surface area contributed by atoms with E-state index in [1.807, 2.05) is 37.7 Å². The van der Waals surface area contributed by atoms with Gasteiger partial charge in [0.1, 0.15) is 18.4 Å². The minimum Gasteiger partial charge on any atom is -0.450 e. The Hall–Kier alpha value is -1.81. The third-order valence-corrected chi connectivity index (χ3v) is 4.00. The number of rotatable bonds is 0. The predicted molar refractivity (Wildman–Crippen MR) is 65.5 cm³/mol. The summed E-state index contributed by atoms with van der Waals surface area (Å²) in [5, 5.41) is 3.12. The van der Waals surface area contributed by atoms with Crippen LogP contribution in [0.15, 0.2) is 28.1 Å². The summed E-state index contributed by atoms with van der Waals surface area (Å²) in [6, 6.07) is 3.98. The lowest BCUT2D eigenvalue weighted by Gasteiger charge is -2.12. The largest absolute Gasteiger partial charge is 0.450 e. The molecule has 0 aromatic carbocycles. The fourth-order valence-corrected chi connectivity index (χ4v) is 3.31. The van der Waals surface area contributed by atoms with Crippen LogP contribution >= 0.6 is 11.3 Å². The lowest BCUT2D eigenvalue weighted by Crippen LogP contribution is -2.31. The fourth-order valence-electron chi connectivity index (χ4n) is 2.44. The molecule has 0 unspecified atom stereocenters. The van der Waals surface area contributed by atoms with Gasteiger partial charge in [0.2, 0.25) is 0 Å². The smallest absolute Gasteiger partial charge is 0.259 e. The second-order valence-electron chi connectivity index (χ2n) is 4.23. The maximum absolute atomic E-state index is 5.91. The molecule has 3 nitrogen and oxygen atoms in total. The zero-order chi connectivity index (χ0) is 11.6. The van der Waals surface area contributed by atoms with E-state index in [9.17, 15) is 0 Å². The van der Waals surface area contributed by atoms with Gasteiger partial charge in [0, 0.05) is 11.4 Å². The number of fused-ring (bicyclic) bond motifs is 2. The highest BCUT2D eigenvalue weighted by Crippen LogP contribution is 2.50. The molecule has 84 valence electrons. The van der Waals surface area contributed by atoms with Gasteiger partial charge in [-0.3, -0.25) is 0 Å². The maximum atomic E-state index is 5.91. The van der Waals surface area contributed by atoms with Crippen molar-refractivity contribution in [2.24, 2.45) is 7.05 Å². The van der Waals surface area contributed by atoms with Gasteiger partial charge in [-0.2, -0.15) is 4.57 Å². The van der Waals surface area contributed by atoms with E-state index in [4.69, 9.17) is 9.15 Å². The Morgan fingerprint density at radius 2 is 2.18 bits per heavy atom. The van der Waals surface area contributed by atoms with Crippen molar-refractivity contribution in [1.82, 2.24) is 0 Å². The summed E-state index contributed by atoms with van der Waals surface area (Å²) in [5.74, 6) is 2.77. The van der Waals surface area contributed by atoms with Crippen LogP contribution in [0.3, 0.4) is 0 Å². The quantitative estimate of drug-likeness (QED) is 0.443. The molecule has 0 fully saturated rings.